The zero-order valence-electron chi connectivity index (χ0n) is 12.6. The van der Waals surface area contributed by atoms with Crippen LogP contribution in [0.2, 0.25) is 0 Å². The van der Waals surface area contributed by atoms with E-state index in [2.05, 4.69) is 47.3 Å². The van der Waals surface area contributed by atoms with Crippen LogP contribution in [0.1, 0.15) is 41.1 Å². The van der Waals surface area contributed by atoms with E-state index in [1.54, 1.807) is 6.07 Å². The van der Waals surface area contributed by atoms with Gasteiger partial charge in [-0.1, -0.05) is 29.3 Å². The molecule has 0 spiro atoms. The van der Waals surface area contributed by atoms with Crippen LogP contribution < -0.4 is 10.9 Å². The second-order valence-corrected chi connectivity index (χ2v) is 6.01. The standard InChI is InChI=1S/C17H21N3O/c1-11-5-12(2)7-13(6-11)8-16-19-15(9-17(21)20-16)10-18-14-3-4-14/h5-7,9,14,18H,3-4,8,10H2,1-2H3,(H,19,20,21). The van der Waals surface area contributed by atoms with Gasteiger partial charge in [-0.2, -0.15) is 0 Å². The highest BCUT2D eigenvalue weighted by Crippen LogP contribution is 2.19. The maximum absolute atomic E-state index is 11.8. The lowest BCUT2D eigenvalue weighted by molar-refractivity contribution is 0.667. The second-order valence-electron chi connectivity index (χ2n) is 6.01. The van der Waals surface area contributed by atoms with Crippen molar-refractivity contribution in [1.82, 2.24) is 15.3 Å². The summed E-state index contributed by atoms with van der Waals surface area (Å²) in [6.45, 7) is 4.85. The van der Waals surface area contributed by atoms with Crippen LogP contribution in [0.3, 0.4) is 0 Å². The summed E-state index contributed by atoms with van der Waals surface area (Å²) in [6, 6.07) is 8.63. The molecule has 1 heterocycles. The smallest absolute Gasteiger partial charge is 0.251 e. The fourth-order valence-electron chi connectivity index (χ4n) is 2.64. The number of H-pyrrole nitrogens is 1. The summed E-state index contributed by atoms with van der Waals surface area (Å²) in [5, 5.41) is 3.39. The Kier molecular flexibility index (Phi) is 3.88. The molecule has 0 unspecified atom stereocenters. The largest absolute Gasteiger partial charge is 0.310 e. The lowest BCUT2D eigenvalue weighted by Crippen LogP contribution is -2.20. The molecule has 1 saturated carbocycles. The number of nitrogens with one attached hydrogen (secondary N) is 2. The van der Waals surface area contributed by atoms with Crippen LogP contribution in [-0.4, -0.2) is 16.0 Å². The van der Waals surface area contributed by atoms with Crippen LogP contribution in [0, 0.1) is 13.8 Å². The van der Waals surface area contributed by atoms with Crippen LogP contribution in [0.15, 0.2) is 29.1 Å². The van der Waals surface area contributed by atoms with Crippen LogP contribution in [-0.2, 0) is 13.0 Å². The van der Waals surface area contributed by atoms with Crippen molar-refractivity contribution in [3.05, 3.63) is 62.8 Å². The van der Waals surface area contributed by atoms with Gasteiger partial charge >= 0.3 is 0 Å². The average Bonchev–Trinajstić information content (AvgIpc) is 3.18. The molecule has 1 aliphatic carbocycles. The fourth-order valence-corrected chi connectivity index (χ4v) is 2.64. The van der Waals surface area contributed by atoms with E-state index in [1.807, 2.05) is 0 Å². The van der Waals surface area contributed by atoms with E-state index in [0.717, 1.165) is 11.5 Å². The van der Waals surface area contributed by atoms with Crippen molar-refractivity contribution in [2.75, 3.05) is 0 Å². The van der Waals surface area contributed by atoms with Gasteiger partial charge in [0.25, 0.3) is 5.56 Å². The third kappa shape index (κ3) is 4.02. The third-order valence-electron chi connectivity index (χ3n) is 3.65. The van der Waals surface area contributed by atoms with Crippen LogP contribution >= 0.6 is 0 Å². The van der Waals surface area contributed by atoms with Crippen molar-refractivity contribution in [1.29, 1.82) is 0 Å². The molecule has 0 bridgehead atoms. The molecule has 1 fully saturated rings. The van der Waals surface area contributed by atoms with E-state index in [9.17, 15) is 4.79 Å². The summed E-state index contributed by atoms with van der Waals surface area (Å²) < 4.78 is 0. The highest BCUT2D eigenvalue weighted by Gasteiger charge is 2.20. The molecule has 0 amide bonds. The Morgan fingerprint density at radius 2 is 1.90 bits per heavy atom. The first kappa shape index (κ1) is 14.0. The minimum Gasteiger partial charge on any atom is -0.310 e. The molecule has 0 saturated heterocycles. The highest BCUT2D eigenvalue weighted by molar-refractivity contribution is 5.30. The number of hydrogen-bond acceptors (Lipinski definition) is 3. The number of nitrogens with zero attached hydrogens (tertiary/aromatic N) is 1. The molecular weight excluding hydrogens is 262 g/mol. The van der Waals surface area contributed by atoms with Gasteiger partial charge < -0.3 is 10.3 Å². The molecule has 4 heteroatoms. The number of hydrogen-bond donors (Lipinski definition) is 2. The molecule has 0 atom stereocenters. The predicted octanol–water partition coefficient (Wildman–Crippen LogP) is 2.23. The monoisotopic (exact) mass is 283 g/mol. The molecule has 3 rings (SSSR count). The molecule has 0 radical (unpaired) electrons. The Bertz CT molecular complexity index is 681. The Balaban J connectivity index is 1.78. The first-order chi connectivity index (χ1) is 10.1. The molecule has 1 aromatic heterocycles. The van der Waals surface area contributed by atoms with Gasteiger partial charge in [0.05, 0.1) is 5.69 Å². The van der Waals surface area contributed by atoms with Gasteiger partial charge in [-0.05, 0) is 32.3 Å². The summed E-state index contributed by atoms with van der Waals surface area (Å²) in [5.74, 6) is 0.736. The summed E-state index contributed by atoms with van der Waals surface area (Å²) >= 11 is 0. The Hall–Kier alpha value is -1.94. The maximum atomic E-state index is 11.8. The summed E-state index contributed by atoms with van der Waals surface area (Å²) in [7, 11) is 0. The molecule has 110 valence electrons. The second kappa shape index (κ2) is 5.82. The first-order valence-corrected chi connectivity index (χ1v) is 7.48. The fraction of sp³-hybridized carbons (Fsp3) is 0.412. The highest BCUT2D eigenvalue weighted by atomic mass is 16.1. The van der Waals surface area contributed by atoms with Crippen molar-refractivity contribution in [3.8, 4) is 0 Å². The van der Waals surface area contributed by atoms with Gasteiger partial charge in [0.15, 0.2) is 0 Å². The van der Waals surface area contributed by atoms with Gasteiger partial charge in [-0.25, -0.2) is 4.98 Å². The first-order valence-electron chi connectivity index (χ1n) is 7.48. The number of aryl methyl sites for hydroxylation is 2. The molecule has 0 aliphatic heterocycles. The van der Waals surface area contributed by atoms with Crippen LogP contribution in [0.25, 0.3) is 0 Å². The molecule has 4 nitrogen and oxygen atoms in total. The molecule has 2 N–H and O–H groups in total. The van der Waals surface area contributed by atoms with Gasteiger partial charge in [0, 0.05) is 25.1 Å². The normalized spacial score (nSPS) is 14.4. The molecule has 21 heavy (non-hydrogen) atoms. The van der Waals surface area contributed by atoms with Gasteiger partial charge in [0.1, 0.15) is 5.82 Å². The van der Waals surface area contributed by atoms with Crippen LogP contribution in [0.4, 0.5) is 0 Å². The van der Waals surface area contributed by atoms with E-state index in [1.165, 1.54) is 29.5 Å². The Labute approximate surface area is 124 Å². The quantitative estimate of drug-likeness (QED) is 0.884. The van der Waals surface area contributed by atoms with E-state index in [4.69, 9.17) is 0 Å². The minimum absolute atomic E-state index is 0.0722. The summed E-state index contributed by atoms with van der Waals surface area (Å²) in [6.07, 6.45) is 3.13. The van der Waals surface area contributed by atoms with E-state index in [0.29, 0.717) is 19.0 Å². The summed E-state index contributed by atoms with van der Waals surface area (Å²) in [4.78, 5) is 19.2. The molecular formula is C17H21N3O. The van der Waals surface area contributed by atoms with Crippen LogP contribution in [0.5, 0.6) is 0 Å². The van der Waals surface area contributed by atoms with E-state index >= 15 is 0 Å². The number of aromatic nitrogens is 2. The number of rotatable bonds is 5. The lowest BCUT2D eigenvalue weighted by Gasteiger charge is -2.07. The Morgan fingerprint density at radius 1 is 1.19 bits per heavy atom. The van der Waals surface area contributed by atoms with Crippen molar-refractivity contribution >= 4 is 0 Å². The van der Waals surface area contributed by atoms with Crippen molar-refractivity contribution < 1.29 is 0 Å². The molecule has 1 aliphatic rings. The summed E-state index contributed by atoms with van der Waals surface area (Å²) in [5.41, 5.74) is 4.41. The van der Waals surface area contributed by atoms with Gasteiger partial charge in [0.2, 0.25) is 0 Å². The molecule has 1 aromatic carbocycles. The van der Waals surface area contributed by atoms with E-state index < -0.39 is 0 Å². The Morgan fingerprint density at radius 3 is 2.57 bits per heavy atom. The third-order valence-corrected chi connectivity index (χ3v) is 3.65. The van der Waals surface area contributed by atoms with Gasteiger partial charge in [-0.15, -0.1) is 0 Å². The van der Waals surface area contributed by atoms with Crippen molar-refractivity contribution in [3.63, 3.8) is 0 Å². The van der Waals surface area contributed by atoms with Gasteiger partial charge in [-0.3, -0.25) is 4.79 Å². The van der Waals surface area contributed by atoms with E-state index in [-0.39, 0.29) is 5.56 Å². The van der Waals surface area contributed by atoms with Crippen molar-refractivity contribution in [2.24, 2.45) is 0 Å². The SMILES string of the molecule is Cc1cc(C)cc(Cc2nc(CNC3CC3)cc(=O)[nH]2)c1. The number of aromatic amines is 1. The van der Waals surface area contributed by atoms with Crippen molar-refractivity contribution in [2.45, 2.75) is 45.7 Å². The predicted molar refractivity (Wildman–Crippen MR) is 83.4 cm³/mol. The lowest BCUT2D eigenvalue weighted by atomic mass is 10.0. The minimum atomic E-state index is -0.0722. The molecule has 2 aromatic rings. The average molecular weight is 283 g/mol. The number of benzene rings is 1. The topological polar surface area (TPSA) is 57.8 Å². The zero-order valence-corrected chi connectivity index (χ0v) is 12.6. The zero-order chi connectivity index (χ0) is 14.8. The maximum Gasteiger partial charge on any atom is 0.251 e.